The van der Waals surface area contributed by atoms with E-state index in [0.29, 0.717) is 5.92 Å². The van der Waals surface area contributed by atoms with Gasteiger partial charge in [-0.1, -0.05) is 111 Å². The number of carbonyl (C=O) groups is 1. The van der Waals surface area contributed by atoms with Crippen molar-refractivity contribution in [1.82, 2.24) is 0 Å². The van der Waals surface area contributed by atoms with Crippen molar-refractivity contribution < 1.29 is 9.90 Å². The van der Waals surface area contributed by atoms with Crippen molar-refractivity contribution in [3.63, 3.8) is 0 Å². The summed E-state index contributed by atoms with van der Waals surface area (Å²) >= 11 is 0. The minimum atomic E-state index is -0.531. The average Bonchev–Trinajstić information content (AvgIpc) is 2.63. The number of aliphatic carboxylic acids is 1. The molecule has 0 aliphatic rings. The Morgan fingerprint density at radius 1 is 0.692 bits per heavy atom. The first-order chi connectivity index (χ1) is 12.6. The molecule has 2 heteroatoms. The maximum Gasteiger partial charge on any atom is 0.309 e. The molecular weight excluding hydrogens is 320 g/mol. The first kappa shape index (κ1) is 25.5. The topological polar surface area (TPSA) is 37.3 Å². The van der Waals surface area contributed by atoms with Crippen LogP contribution in [0.15, 0.2) is 0 Å². The Labute approximate surface area is 164 Å². The predicted molar refractivity (Wildman–Crippen MR) is 115 cm³/mol. The van der Waals surface area contributed by atoms with Crippen molar-refractivity contribution in [3.8, 4) is 0 Å². The predicted octanol–water partition coefficient (Wildman–Crippen LogP) is 8.38. The number of unbranched alkanes of at least 4 members (excludes halogenated alkanes) is 10. The molecule has 0 heterocycles. The van der Waals surface area contributed by atoms with Crippen molar-refractivity contribution in [2.24, 2.45) is 11.3 Å². The smallest absolute Gasteiger partial charge is 0.309 e. The highest BCUT2D eigenvalue weighted by Crippen LogP contribution is 2.43. The molecule has 2 atom stereocenters. The van der Waals surface area contributed by atoms with Gasteiger partial charge >= 0.3 is 5.97 Å². The minimum Gasteiger partial charge on any atom is -0.481 e. The van der Waals surface area contributed by atoms with Crippen molar-refractivity contribution in [2.75, 3.05) is 0 Å². The molecule has 0 amide bonds. The Bertz CT molecular complexity index is 326. The van der Waals surface area contributed by atoms with Gasteiger partial charge in [-0.2, -0.15) is 0 Å². The minimum absolute atomic E-state index is 0.358. The van der Waals surface area contributed by atoms with Crippen LogP contribution in [0.1, 0.15) is 137 Å². The highest BCUT2D eigenvalue weighted by molar-refractivity contribution is 5.75. The fraction of sp³-hybridized carbons (Fsp3) is 0.958. The molecule has 1 N–H and O–H groups in total. The number of rotatable bonds is 19. The summed E-state index contributed by atoms with van der Waals surface area (Å²) in [6, 6.07) is 0. The third kappa shape index (κ3) is 9.97. The normalized spacial score (nSPS) is 14.9. The van der Waals surface area contributed by atoms with Crippen LogP contribution in [0.4, 0.5) is 0 Å². The van der Waals surface area contributed by atoms with Gasteiger partial charge in [0.2, 0.25) is 0 Å². The fourth-order valence-electron chi connectivity index (χ4n) is 4.54. The van der Waals surface area contributed by atoms with E-state index >= 15 is 0 Å². The van der Waals surface area contributed by atoms with Crippen LogP contribution in [0.3, 0.4) is 0 Å². The lowest BCUT2D eigenvalue weighted by molar-refractivity contribution is -0.154. The summed E-state index contributed by atoms with van der Waals surface area (Å²) in [6.07, 6.45) is 20.2. The van der Waals surface area contributed by atoms with Gasteiger partial charge in [-0.25, -0.2) is 0 Å². The Hall–Kier alpha value is -0.530. The van der Waals surface area contributed by atoms with E-state index in [0.717, 1.165) is 38.5 Å². The molecule has 0 rings (SSSR count). The van der Waals surface area contributed by atoms with Crippen LogP contribution in [0.5, 0.6) is 0 Å². The van der Waals surface area contributed by atoms with Gasteiger partial charge in [-0.05, 0) is 31.6 Å². The summed E-state index contributed by atoms with van der Waals surface area (Å²) in [5.74, 6) is -0.173. The summed E-state index contributed by atoms with van der Waals surface area (Å²) in [5.41, 5.74) is -0.482. The molecule has 0 saturated heterocycles. The zero-order valence-corrected chi connectivity index (χ0v) is 18.5. The number of hydrogen-bond acceptors (Lipinski definition) is 1. The van der Waals surface area contributed by atoms with Gasteiger partial charge in [-0.3, -0.25) is 4.79 Å². The summed E-state index contributed by atoms with van der Waals surface area (Å²) in [6.45, 7) is 8.80. The molecule has 0 aromatic carbocycles. The van der Waals surface area contributed by atoms with E-state index in [4.69, 9.17) is 0 Å². The Kier molecular flexibility index (Phi) is 16.3. The molecule has 0 radical (unpaired) electrons. The molecule has 0 saturated carbocycles. The quantitative estimate of drug-likeness (QED) is 0.232. The standard InChI is InChI=1S/C24H48O2/c1-5-9-11-13-14-15-16-18-21-24(8-4,23(25)26)22(19-7-3)20-17-12-10-6-2/h22H,5-21H2,1-4H3,(H,25,26). The van der Waals surface area contributed by atoms with Gasteiger partial charge in [0, 0.05) is 0 Å². The lowest BCUT2D eigenvalue weighted by Gasteiger charge is -2.37. The van der Waals surface area contributed by atoms with E-state index in [9.17, 15) is 9.90 Å². The van der Waals surface area contributed by atoms with Gasteiger partial charge in [0.1, 0.15) is 0 Å². The largest absolute Gasteiger partial charge is 0.481 e. The molecule has 0 aliphatic heterocycles. The number of hydrogen-bond donors (Lipinski definition) is 1. The monoisotopic (exact) mass is 368 g/mol. The van der Waals surface area contributed by atoms with Crippen molar-refractivity contribution in [3.05, 3.63) is 0 Å². The molecule has 0 bridgehead atoms. The number of carboxylic acid groups (broad SMARTS) is 1. The zero-order valence-electron chi connectivity index (χ0n) is 18.5. The first-order valence-corrected chi connectivity index (χ1v) is 11.8. The van der Waals surface area contributed by atoms with Crippen LogP contribution in [-0.4, -0.2) is 11.1 Å². The van der Waals surface area contributed by atoms with Crippen LogP contribution in [0.2, 0.25) is 0 Å². The van der Waals surface area contributed by atoms with Crippen LogP contribution in [0.25, 0.3) is 0 Å². The van der Waals surface area contributed by atoms with Crippen LogP contribution >= 0.6 is 0 Å². The molecule has 0 spiro atoms. The molecule has 156 valence electrons. The maximum absolute atomic E-state index is 12.3. The highest BCUT2D eigenvalue weighted by atomic mass is 16.4. The van der Waals surface area contributed by atoms with E-state index in [1.165, 1.54) is 70.6 Å². The first-order valence-electron chi connectivity index (χ1n) is 11.8. The van der Waals surface area contributed by atoms with Crippen LogP contribution in [-0.2, 0) is 4.79 Å². The van der Waals surface area contributed by atoms with E-state index in [2.05, 4.69) is 27.7 Å². The Morgan fingerprint density at radius 3 is 1.65 bits per heavy atom. The molecule has 0 aromatic heterocycles. The summed E-state index contributed by atoms with van der Waals surface area (Å²) < 4.78 is 0. The second-order valence-electron chi connectivity index (χ2n) is 8.37. The van der Waals surface area contributed by atoms with E-state index in [1.807, 2.05) is 0 Å². The molecular formula is C24H48O2. The van der Waals surface area contributed by atoms with Crippen LogP contribution < -0.4 is 0 Å². The number of carboxylic acids is 1. The molecule has 0 aliphatic carbocycles. The fourth-order valence-corrected chi connectivity index (χ4v) is 4.54. The van der Waals surface area contributed by atoms with E-state index in [1.54, 1.807) is 0 Å². The van der Waals surface area contributed by atoms with Crippen molar-refractivity contribution in [1.29, 1.82) is 0 Å². The van der Waals surface area contributed by atoms with Crippen molar-refractivity contribution >= 4 is 5.97 Å². The molecule has 2 unspecified atom stereocenters. The summed E-state index contributed by atoms with van der Waals surface area (Å²) in [7, 11) is 0. The van der Waals surface area contributed by atoms with Gasteiger partial charge in [-0.15, -0.1) is 0 Å². The van der Waals surface area contributed by atoms with E-state index < -0.39 is 11.4 Å². The molecule has 0 fully saturated rings. The third-order valence-electron chi connectivity index (χ3n) is 6.36. The Balaban J connectivity index is 4.55. The maximum atomic E-state index is 12.3. The van der Waals surface area contributed by atoms with Gasteiger partial charge < -0.3 is 5.11 Å². The second kappa shape index (κ2) is 16.6. The summed E-state index contributed by atoms with van der Waals surface area (Å²) in [4.78, 5) is 12.3. The molecule has 2 nitrogen and oxygen atoms in total. The Morgan fingerprint density at radius 2 is 1.19 bits per heavy atom. The zero-order chi connectivity index (χ0) is 19.7. The average molecular weight is 369 g/mol. The van der Waals surface area contributed by atoms with Gasteiger partial charge in [0.15, 0.2) is 0 Å². The molecule has 0 aromatic rings. The second-order valence-corrected chi connectivity index (χ2v) is 8.37. The lowest BCUT2D eigenvalue weighted by Crippen LogP contribution is -2.38. The van der Waals surface area contributed by atoms with E-state index in [-0.39, 0.29) is 0 Å². The lowest BCUT2D eigenvalue weighted by atomic mass is 9.66. The van der Waals surface area contributed by atoms with Gasteiger partial charge in [0.05, 0.1) is 5.41 Å². The van der Waals surface area contributed by atoms with Crippen LogP contribution in [0, 0.1) is 11.3 Å². The van der Waals surface area contributed by atoms with Gasteiger partial charge in [0.25, 0.3) is 0 Å². The third-order valence-corrected chi connectivity index (χ3v) is 6.36. The SMILES string of the molecule is CCCCCCCCCCC(CC)(C(=O)O)C(CCC)CCCCCC. The molecule has 26 heavy (non-hydrogen) atoms. The van der Waals surface area contributed by atoms with Crippen molar-refractivity contribution in [2.45, 2.75) is 137 Å². The summed E-state index contributed by atoms with van der Waals surface area (Å²) in [5, 5.41) is 10.1. The highest BCUT2D eigenvalue weighted by Gasteiger charge is 2.42.